The maximum absolute atomic E-state index is 5.60. The molecule has 0 unspecified atom stereocenters. The maximum Gasteiger partial charge on any atom is 0.150 e. The molecule has 3 fully saturated rings. The minimum absolute atomic E-state index is 0.508. The van der Waals surface area contributed by atoms with E-state index in [0.29, 0.717) is 11.3 Å². The number of nitrogens with zero attached hydrogens (tertiary/aromatic N) is 4. The molecule has 154 valence electrons. The highest BCUT2D eigenvalue weighted by molar-refractivity contribution is 5.46. The van der Waals surface area contributed by atoms with Crippen LogP contribution in [0.15, 0.2) is 36.7 Å². The maximum atomic E-state index is 5.60. The van der Waals surface area contributed by atoms with Gasteiger partial charge in [-0.25, -0.2) is 4.98 Å². The fourth-order valence-corrected chi connectivity index (χ4v) is 5.98. The summed E-state index contributed by atoms with van der Waals surface area (Å²) in [7, 11) is 1.79. The minimum Gasteiger partial charge on any atom is -0.496 e. The second kappa shape index (κ2) is 7.60. The molecule has 3 heterocycles. The van der Waals surface area contributed by atoms with E-state index in [9.17, 15) is 0 Å². The van der Waals surface area contributed by atoms with Gasteiger partial charge < -0.3 is 14.5 Å². The molecule has 0 amide bonds. The molecule has 1 saturated carbocycles. The van der Waals surface area contributed by atoms with Gasteiger partial charge in [-0.2, -0.15) is 0 Å². The van der Waals surface area contributed by atoms with Crippen LogP contribution in [-0.2, 0) is 0 Å². The van der Waals surface area contributed by atoms with E-state index in [1.165, 1.54) is 50.8 Å². The summed E-state index contributed by atoms with van der Waals surface area (Å²) in [4.78, 5) is 14.2. The Balaban J connectivity index is 1.16. The lowest BCUT2D eigenvalue weighted by Crippen LogP contribution is -2.56. The molecular formula is C24H32N4O. The number of rotatable bonds is 4. The molecule has 1 aromatic heterocycles. The zero-order chi connectivity index (χ0) is 19.8. The first-order chi connectivity index (χ1) is 14.2. The summed E-state index contributed by atoms with van der Waals surface area (Å²) in [6.45, 7) is 6.81. The normalized spacial score (nSPS) is 24.6. The fourth-order valence-electron chi connectivity index (χ4n) is 5.98. The Kier molecular flexibility index (Phi) is 4.94. The van der Waals surface area contributed by atoms with Gasteiger partial charge in [0.05, 0.1) is 12.8 Å². The van der Waals surface area contributed by atoms with Crippen molar-refractivity contribution >= 4 is 5.82 Å². The lowest BCUT2D eigenvalue weighted by molar-refractivity contribution is 0.131. The van der Waals surface area contributed by atoms with E-state index in [4.69, 9.17) is 4.74 Å². The summed E-state index contributed by atoms with van der Waals surface area (Å²) >= 11 is 0. The molecule has 2 aliphatic heterocycles. The average Bonchev–Trinajstić information content (AvgIpc) is 3.19. The number of anilines is 1. The smallest absolute Gasteiger partial charge is 0.150 e. The number of benzene rings is 1. The van der Waals surface area contributed by atoms with Crippen LogP contribution < -0.4 is 9.64 Å². The first kappa shape index (κ1) is 18.9. The van der Waals surface area contributed by atoms with Crippen LogP contribution >= 0.6 is 0 Å². The third-order valence-corrected chi connectivity index (χ3v) is 7.51. The topological polar surface area (TPSA) is 41.5 Å². The summed E-state index contributed by atoms with van der Waals surface area (Å²) in [6.07, 6.45) is 10.2. The van der Waals surface area contributed by atoms with E-state index in [1.54, 1.807) is 13.3 Å². The van der Waals surface area contributed by atoms with E-state index in [1.807, 2.05) is 6.20 Å². The van der Waals surface area contributed by atoms with Gasteiger partial charge in [0.2, 0.25) is 0 Å². The van der Waals surface area contributed by atoms with Crippen LogP contribution in [0.25, 0.3) is 0 Å². The van der Waals surface area contributed by atoms with Crippen LogP contribution in [0, 0.1) is 12.3 Å². The molecule has 0 radical (unpaired) electrons. The molecular weight excluding hydrogens is 360 g/mol. The molecule has 3 aliphatic rings. The number of ether oxygens (including phenoxy) is 1. The van der Waals surface area contributed by atoms with Gasteiger partial charge in [0.1, 0.15) is 11.6 Å². The van der Waals surface area contributed by atoms with Crippen LogP contribution in [-0.4, -0.2) is 54.2 Å². The predicted octanol–water partition coefficient (Wildman–Crippen LogP) is 4.03. The Hall–Kier alpha value is -2.14. The van der Waals surface area contributed by atoms with Crippen LogP contribution in [0.1, 0.15) is 49.3 Å². The summed E-state index contributed by atoms with van der Waals surface area (Å²) in [6, 6.07) is 9.33. The highest BCUT2D eigenvalue weighted by Gasteiger charge is 2.50. The highest BCUT2D eigenvalue weighted by atomic mass is 16.5. The van der Waals surface area contributed by atoms with Gasteiger partial charge in [0.25, 0.3) is 0 Å². The first-order valence-electron chi connectivity index (χ1n) is 11.1. The molecule has 1 atom stereocenters. The second-order valence-electron chi connectivity index (χ2n) is 9.27. The largest absolute Gasteiger partial charge is 0.496 e. The second-order valence-corrected chi connectivity index (χ2v) is 9.27. The number of likely N-dealkylation sites (tertiary alicyclic amines) is 1. The van der Waals surface area contributed by atoms with Crippen LogP contribution in [0.3, 0.4) is 0 Å². The molecule has 5 nitrogen and oxygen atoms in total. The number of aryl methyl sites for hydroxylation is 1. The number of hydrogen-bond acceptors (Lipinski definition) is 5. The Bertz CT molecular complexity index is 855. The molecule has 0 N–H and O–H groups in total. The zero-order valence-corrected chi connectivity index (χ0v) is 17.7. The van der Waals surface area contributed by atoms with Crippen LogP contribution in [0.5, 0.6) is 5.75 Å². The summed E-state index contributed by atoms with van der Waals surface area (Å²) in [5.74, 6) is 2.77. The van der Waals surface area contributed by atoms with Gasteiger partial charge in [-0.3, -0.25) is 4.98 Å². The van der Waals surface area contributed by atoms with Gasteiger partial charge in [0.15, 0.2) is 0 Å². The minimum atomic E-state index is 0.508. The van der Waals surface area contributed by atoms with Gasteiger partial charge in [-0.15, -0.1) is 0 Å². The van der Waals surface area contributed by atoms with Crippen molar-refractivity contribution in [1.29, 1.82) is 0 Å². The Labute approximate surface area is 174 Å². The molecule has 1 aromatic carbocycles. The molecule has 1 aliphatic carbocycles. The lowest BCUT2D eigenvalue weighted by Gasteiger charge is -2.50. The molecule has 5 rings (SSSR count). The standard InChI is InChI=1S/C24H32N4O/c1-18-23(26-12-11-25-18)28-16-24(17-28)10-7-20(15-24)27-13-8-19(9-14-27)21-5-3-4-6-22(21)29-2/h3-6,11-12,19-20H,7-10,13-17H2,1-2H3/t20-/m1/s1. The molecule has 2 saturated heterocycles. The average molecular weight is 393 g/mol. The van der Waals surface area contributed by atoms with Crippen molar-refractivity contribution in [1.82, 2.24) is 14.9 Å². The third kappa shape index (κ3) is 3.50. The van der Waals surface area contributed by atoms with E-state index in [0.717, 1.165) is 36.4 Å². The molecule has 29 heavy (non-hydrogen) atoms. The van der Waals surface area contributed by atoms with E-state index in [2.05, 4.69) is 51.0 Å². The number of hydrogen-bond donors (Lipinski definition) is 0. The molecule has 1 spiro atoms. The molecule has 2 aromatic rings. The quantitative estimate of drug-likeness (QED) is 0.786. The van der Waals surface area contributed by atoms with Gasteiger partial charge in [-0.1, -0.05) is 18.2 Å². The van der Waals surface area contributed by atoms with Crippen molar-refractivity contribution in [3.63, 3.8) is 0 Å². The van der Waals surface area contributed by atoms with Crippen molar-refractivity contribution in [2.75, 3.05) is 38.2 Å². The van der Waals surface area contributed by atoms with Gasteiger partial charge in [-0.05, 0) is 69.7 Å². The summed E-state index contributed by atoms with van der Waals surface area (Å²) < 4.78 is 5.60. The van der Waals surface area contributed by atoms with E-state index in [-0.39, 0.29) is 0 Å². The monoisotopic (exact) mass is 392 g/mol. The van der Waals surface area contributed by atoms with Crippen molar-refractivity contribution in [2.45, 2.75) is 51.0 Å². The summed E-state index contributed by atoms with van der Waals surface area (Å²) in [5, 5.41) is 0. The third-order valence-electron chi connectivity index (χ3n) is 7.51. The first-order valence-corrected chi connectivity index (χ1v) is 11.1. The zero-order valence-electron chi connectivity index (χ0n) is 17.7. The molecule has 5 heteroatoms. The SMILES string of the molecule is COc1ccccc1C1CCN([C@@H]2CCC3(C2)CN(c2nccnc2C)C3)CC1. The Morgan fingerprint density at radius 1 is 1.03 bits per heavy atom. The van der Waals surface area contributed by atoms with Crippen molar-refractivity contribution in [2.24, 2.45) is 5.41 Å². The Morgan fingerprint density at radius 3 is 2.55 bits per heavy atom. The van der Waals surface area contributed by atoms with E-state index < -0.39 is 0 Å². The van der Waals surface area contributed by atoms with Gasteiger partial charge >= 0.3 is 0 Å². The Morgan fingerprint density at radius 2 is 1.79 bits per heavy atom. The van der Waals surface area contributed by atoms with E-state index >= 15 is 0 Å². The predicted molar refractivity (Wildman–Crippen MR) is 116 cm³/mol. The van der Waals surface area contributed by atoms with Crippen molar-refractivity contribution in [3.05, 3.63) is 47.9 Å². The lowest BCUT2D eigenvalue weighted by atomic mass is 9.77. The van der Waals surface area contributed by atoms with Crippen molar-refractivity contribution < 1.29 is 4.74 Å². The fraction of sp³-hybridized carbons (Fsp3) is 0.583. The number of methoxy groups -OCH3 is 1. The van der Waals surface area contributed by atoms with Gasteiger partial charge in [0, 0.05) is 36.9 Å². The van der Waals surface area contributed by atoms with Crippen LogP contribution in [0.4, 0.5) is 5.82 Å². The number of aromatic nitrogens is 2. The summed E-state index contributed by atoms with van der Waals surface area (Å²) in [5.41, 5.74) is 2.95. The van der Waals surface area contributed by atoms with Crippen molar-refractivity contribution in [3.8, 4) is 5.75 Å². The van der Waals surface area contributed by atoms with Crippen LogP contribution in [0.2, 0.25) is 0 Å². The number of piperidine rings is 1. The molecule has 0 bridgehead atoms. The highest BCUT2D eigenvalue weighted by Crippen LogP contribution is 2.49. The number of para-hydroxylation sites is 1.